The highest BCUT2D eigenvalue weighted by Gasteiger charge is 2.29. The van der Waals surface area contributed by atoms with Crippen molar-refractivity contribution < 1.29 is 0 Å². The van der Waals surface area contributed by atoms with Gasteiger partial charge < -0.3 is 10.2 Å². The molecule has 2 fully saturated rings. The van der Waals surface area contributed by atoms with Crippen LogP contribution in [-0.4, -0.2) is 29.1 Å². The van der Waals surface area contributed by atoms with Gasteiger partial charge >= 0.3 is 0 Å². The predicted molar refractivity (Wildman–Crippen MR) is 58.7 cm³/mol. The number of hydrogen-bond acceptors (Lipinski definition) is 1. The summed E-state index contributed by atoms with van der Waals surface area (Å²) < 4.78 is 0. The Morgan fingerprint density at radius 3 is 2.54 bits per heavy atom. The molecule has 1 aliphatic heterocycles. The molecule has 0 bridgehead atoms. The second kappa shape index (κ2) is 3.82. The van der Waals surface area contributed by atoms with Crippen molar-refractivity contribution in [2.45, 2.75) is 38.6 Å². The first-order valence-electron chi connectivity index (χ1n) is 5.33. The highest BCUT2D eigenvalue weighted by Crippen LogP contribution is 2.32. The van der Waals surface area contributed by atoms with E-state index in [9.17, 15) is 0 Å². The first-order valence-corrected chi connectivity index (χ1v) is 5.73. The topological polar surface area (TPSA) is 15.3 Å². The number of thiocarbonyl (C=S) groups is 1. The Bertz CT molecular complexity index is 195. The van der Waals surface area contributed by atoms with Crippen LogP contribution in [0.1, 0.15) is 32.6 Å². The molecular weight excluding hydrogens is 180 g/mol. The van der Waals surface area contributed by atoms with E-state index in [1.54, 1.807) is 0 Å². The molecule has 1 saturated carbocycles. The van der Waals surface area contributed by atoms with Gasteiger partial charge in [-0.3, -0.25) is 0 Å². The molecule has 2 rings (SSSR count). The van der Waals surface area contributed by atoms with Crippen LogP contribution in [0.5, 0.6) is 0 Å². The van der Waals surface area contributed by atoms with E-state index in [0.29, 0.717) is 6.04 Å². The molecule has 1 unspecified atom stereocenters. The lowest BCUT2D eigenvalue weighted by atomic mass is 10.2. The molecule has 0 aromatic rings. The minimum absolute atomic E-state index is 0.591. The van der Waals surface area contributed by atoms with Crippen molar-refractivity contribution >= 4 is 17.3 Å². The fourth-order valence-corrected chi connectivity index (χ4v) is 2.29. The van der Waals surface area contributed by atoms with Gasteiger partial charge in [-0.1, -0.05) is 0 Å². The van der Waals surface area contributed by atoms with Gasteiger partial charge in [0.25, 0.3) is 0 Å². The molecular formula is C10H18N2S. The van der Waals surface area contributed by atoms with E-state index in [2.05, 4.69) is 17.1 Å². The zero-order valence-corrected chi connectivity index (χ0v) is 9.07. The van der Waals surface area contributed by atoms with Crippen LogP contribution < -0.4 is 5.32 Å². The normalized spacial score (nSPS) is 24.5. The number of likely N-dealkylation sites (tertiary alicyclic amines) is 1. The molecule has 0 spiro atoms. The standard InChI is InChI=1S/C10H18N2S/c1-8(9-4-5-9)11-10(13)12-6-2-3-7-12/h8-9H,2-7H2,1H3,(H,11,13). The van der Waals surface area contributed by atoms with E-state index in [4.69, 9.17) is 12.2 Å². The maximum atomic E-state index is 5.35. The van der Waals surface area contributed by atoms with Crippen LogP contribution >= 0.6 is 12.2 Å². The first kappa shape index (κ1) is 9.25. The Kier molecular flexibility index (Phi) is 2.72. The van der Waals surface area contributed by atoms with Crippen molar-refractivity contribution in [2.24, 2.45) is 5.92 Å². The second-order valence-electron chi connectivity index (χ2n) is 4.27. The lowest BCUT2D eigenvalue weighted by Crippen LogP contribution is -2.43. The van der Waals surface area contributed by atoms with Gasteiger partial charge in [0.05, 0.1) is 0 Å². The Hall–Kier alpha value is -0.310. The van der Waals surface area contributed by atoms with Crippen molar-refractivity contribution in [3.05, 3.63) is 0 Å². The zero-order valence-electron chi connectivity index (χ0n) is 8.25. The van der Waals surface area contributed by atoms with Gasteiger partial charge in [0.2, 0.25) is 0 Å². The summed E-state index contributed by atoms with van der Waals surface area (Å²) in [7, 11) is 0. The van der Waals surface area contributed by atoms with Crippen LogP contribution in [0.4, 0.5) is 0 Å². The summed E-state index contributed by atoms with van der Waals surface area (Å²) in [6, 6.07) is 0.591. The average molecular weight is 198 g/mol. The Morgan fingerprint density at radius 2 is 2.00 bits per heavy atom. The van der Waals surface area contributed by atoms with Gasteiger partial charge in [-0.25, -0.2) is 0 Å². The van der Waals surface area contributed by atoms with Crippen molar-refractivity contribution in [2.75, 3.05) is 13.1 Å². The molecule has 1 aliphatic carbocycles. The summed E-state index contributed by atoms with van der Waals surface area (Å²) in [5, 5.41) is 4.42. The third-order valence-corrected chi connectivity index (χ3v) is 3.45. The minimum atomic E-state index is 0.591. The number of nitrogens with one attached hydrogen (secondary N) is 1. The smallest absolute Gasteiger partial charge is 0.169 e. The van der Waals surface area contributed by atoms with E-state index in [0.717, 1.165) is 24.1 Å². The molecule has 0 radical (unpaired) electrons. The molecule has 74 valence electrons. The van der Waals surface area contributed by atoms with Crippen molar-refractivity contribution in [1.29, 1.82) is 0 Å². The molecule has 13 heavy (non-hydrogen) atoms. The van der Waals surface area contributed by atoms with E-state index in [1.807, 2.05) is 0 Å². The largest absolute Gasteiger partial charge is 0.360 e. The van der Waals surface area contributed by atoms with Gasteiger partial charge in [0.1, 0.15) is 0 Å². The van der Waals surface area contributed by atoms with Crippen molar-refractivity contribution in [1.82, 2.24) is 10.2 Å². The molecule has 1 atom stereocenters. The molecule has 3 heteroatoms. The average Bonchev–Trinajstić information content (AvgIpc) is 2.81. The number of nitrogens with zero attached hydrogens (tertiary/aromatic N) is 1. The highest BCUT2D eigenvalue weighted by molar-refractivity contribution is 7.80. The quantitative estimate of drug-likeness (QED) is 0.681. The minimum Gasteiger partial charge on any atom is -0.360 e. The Morgan fingerprint density at radius 1 is 1.38 bits per heavy atom. The second-order valence-corrected chi connectivity index (χ2v) is 4.66. The highest BCUT2D eigenvalue weighted by atomic mass is 32.1. The van der Waals surface area contributed by atoms with Crippen LogP contribution in [0.15, 0.2) is 0 Å². The van der Waals surface area contributed by atoms with E-state index in [-0.39, 0.29) is 0 Å². The fourth-order valence-electron chi connectivity index (χ4n) is 1.92. The molecule has 2 nitrogen and oxygen atoms in total. The van der Waals surface area contributed by atoms with Gasteiger partial charge in [-0.2, -0.15) is 0 Å². The lowest BCUT2D eigenvalue weighted by Gasteiger charge is -2.23. The molecule has 1 N–H and O–H groups in total. The van der Waals surface area contributed by atoms with E-state index >= 15 is 0 Å². The van der Waals surface area contributed by atoms with Gasteiger partial charge in [0.15, 0.2) is 5.11 Å². The van der Waals surface area contributed by atoms with Crippen molar-refractivity contribution in [3.8, 4) is 0 Å². The SMILES string of the molecule is CC(NC(=S)N1CCCC1)C1CC1. The monoisotopic (exact) mass is 198 g/mol. The lowest BCUT2D eigenvalue weighted by molar-refractivity contribution is 0.478. The Labute approximate surface area is 85.7 Å². The number of hydrogen-bond donors (Lipinski definition) is 1. The predicted octanol–water partition coefficient (Wildman–Crippen LogP) is 1.76. The molecule has 1 heterocycles. The van der Waals surface area contributed by atoms with Gasteiger partial charge in [-0.15, -0.1) is 0 Å². The van der Waals surface area contributed by atoms with Crippen LogP contribution in [0, 0.1) is 5.92 Å². The summed E-state index contributed by atoms with van der Waals surface area (Å²) in [6.45, 7) is 4.56. The summed E-state index contributed by atoms with van der Waals surface area (Å²) in [6.07, 6.45) is 5.38. The molecule has 2 aliphatic rings. The molecule has 0 amide bonds. The maximum absolute atomic E-state index is 5.35. The molecule has 1 saturated heterocycles. The third kappa shape index (κ3) is 2.33. The molecule has 0 aromatic heterocycles. The van der Waals surface area contributed by atoms with E-state index < -0.39 is 0 Å². The zero-order chi connectivity index (χ0) is 9.26. The summed E-state index contributed by atoms with van der Waals surface area (Å²) in [4.78, 5) is 2.30. The summed E-state index contributed by atoms with van der Waals surface area (Å²) >= 11 is 5.35. The van der Waals surface area contributed by atoms with Gasteiger partial charge in [-0.05, 0) is 50.7 Å². The summed E-state index contributed by atoms with van der Waals surface area (Å²) in [5.74, 6) is 0.889. The van der Waals surface area contributed by atoms with Crippen LogP contribution in [0.3, 0.4) is 0 Å². The molecule has 0 aromatic carbocycles. The fraction of sp³-hybridized carbons (Fsp3) is 0.900. The maximum Gasteiger partial charge on any atom is 0.169 e. The van der Waals surface area contributed by atoms with E-state index in [1.165, 1.54) is 25.7 Å². The Balaban J connectivity index is 1.76. The summed E-state index contributed by atoms with van der Waals surface area (Å²) in [5.41, 5.74) is 0. The van der Waals surface area contributed by atoms with Crippen LogP contribution in [0.25, 0.3) is 0 Å². The van der Waals surface area contributed by atoms with Crippen molar-refractivity contribution in [3.63, 3.8) is 0 Å². The van der Waals surface area contributed by atoms with Crippen LogP contribution in [0.2, 0.25) is 0 Å². The van der Waals surface area contributed by atoms with Gasteiger partial charge in [0, 0.05) is 19.1 Å². The van der Waals surface area contributed by atoms with Crippen LogP contribution in [-0.2, 0) is 0 Å². The first-order chi connectivity index (χ1) is 6.27. The third-order valence-electron chi connectivity index (χ3n) is 3.07. The number of rotatable bonds is 2.